The second-order valence-corrected chi connectivity index (χ2v) is 5.12. The number of hydrogen-bond donors (Lipinski definition) is 1. The molecule has 0 radical (unpaired) electrons. The average Bonchev–Trinajstić information content (AvgIpc) is 2.24. The molecule has 0 saturated carbocycles. The van der Waals surface area contributed by atoms with Gasteiger partial charge in [0.05, 0.1) is 6.61 Å². The van der Waals surface area contributed by atoms with Crippen molar-refractivity contribution in [3.05, 3.63) is 0 Å². The van der Waals surface area contributed by atoms with Gasteiger partial charge in [-0.25, -0.2) is 0 Å². The lowest BCUT2D eigenvalue weighted by molar-refractivity contribution is -0.285. The van der Waals surface area contributed by atoms with E-state index in [2.05, 4.69) is 6.92 Å². The molecule has 0 bridgehead atoms. The van der Waals surface area contributed by atoms with Crippen LogP contribution in [0.1, 0.15) is 77.6 Å². The van der Waals surface area contributed by atoms with Gasteiger partial charge in [-0.05, 0) is 6.42 Å². The molecular weight excluding hydrogens is 200 g/mol. The van der Waals surface area contributed by atoms with Gasteiger partial charge in [0.1, 0.15) is 0 Å². The molecule has 0 aromatic carbocycles. The summed E-state index contributed by atoms with van der Waals surface area (Å²) >= 11 is 0. The van der Waals surface area contributed by atoms with Gasteiger partial charge in [-0.3, -0.25) is 0 Å². The van der Waals surface area contributed by atoms with Gasteiger partial charge in [0.15, 0.2) is 5.79 Å². The Morgan fingerprint density at radius 2 is 1.44 bits per heavy atom. The van der Waals surface area contributed by atoms with Gasteiger partial charge in [-0.15, -0.1) is 0 Å². The third-order valence-electron chi connectivity index (χ3n) is 3.53. The van der Waals surface area contributed by atoms with E-state index in [1.165, 1.54) is 51.4 Å². The summed E-state index contributed by atoms with van der Waals surface area (Å²) in [5.41, 5.74) is 0. The zero-order chi connectivity index (χ0) is 11.7. The SMILES string of the molecule is CCCCCCCCCCCC1(O)CCO1. The van der Waals surface area contributed by atoms with Gasteiger partial charge in [0.2, 0.25) is 0 Å². The van der Waals surface area contributed by atoms with Crippen molar-refractivity contribution in [2.75, 3.05) is 6.61 Å². The van der Waals surface area contributed by atoms with Crippen LogP contribution in [0, 0.1) is 0 Å². The summed E-state index contributed by atoms with van der Waals surface area (Å²) in [5, 5.41) is 9.69. The van der Waals surface area contributed by atoms with E-state index in [9.17, 15) is 5.11 Å². The molecule has 1 fully saturated rings. The van der Waals surface area contributed by atoms with Crippen LogP contribution >= 0.6 is 0 Å². The van der Waals surface area contributed by atoms with Crippen LogP contribution in [0.2, 0.25) is 0 Å². The second-order valence-electron chi connectivity index (χ2n) is 5.12. The van der Waals surface area contributed by atoms with Crippen LogP contribution in [0.25, 0.3) is 0 Å². The summed E-state index contributed by atoms with van der Waals surface area (Å²) < 4.78 is 5.15. The summed E-state index contributed by atoms with van der Waals surface area (Å²) in [6, 6.07) is 0. The molecule has 1 aliphatic rings. The zero-order valence-corrected chi connectivity index (χ0v) is 10.8. The third-order valence-corrected chi connectivity index (χ3v) is 3.53. The Kier molecular flexibility index (Phi) is 7.06. The quantitative estimate of drug-likeness (QED) is 0.572. The van der Waals surface area contributed by atoms with E-state index in [1.807, 2.05) is 0 Å². The highest BCUT2D eigenvalue weighted by molar-refractivity contribution is 4.74. The van der Waals surface area contributed by atoms with Crippen LogP contribution in [0.15, 0.2) is 0 Å². The molecule has 1 atom stereocenters. The molecule has 2 nitrogen and oxygen atoms in total. The van der Waals surface area contributed by atoms with Gasteiger partial charge >= 0.3 is 0 Å². The standard InChI is InChI=1S/C14H28O2/c1-2-3-4-5-6-7-8-9-10-11-14(15)12-13-16-14/h15H,2-13H2,1H3. The van der Waals surface area contributed by atoms with Crippen molar-refractivity contribution in [3.8, 4) is 0 Å². The number of hydrogen-bond acceptors (Lipinski definition) is 2. The van der Waals surface area contributed by atoms with Crippen molar-refractivity contribution in [2.24, 2.45) is 0 Å². The van der Waals surface area contributed by atoms with Crippen LogP contribution in [-0.4, -0.2) is 17.5 Å². The van der Waals surface area contributed by atoms with Crippen LogP contribution in [0.5, 0.6) is 0 Å². The Labute approximate surface area is 100 Å². The molecule has 0 aromatic rings. The Balaban J connectivity index is 1.74. The van der Waals surface area contributed by atoms with Crippen molar-refractivity contribution in [1.29, 1.82) is 0 Å². The Morgan fingerprint density at radius 1 is 0.938 bits per heavy atom. The molecule has 96 valence electrons. The summed E-state index contributed by atoms with van der Waals surface area (Å²) in [6.45, 7) is 3.00. The predicted molar refractivity (Wildman–Crippen MR) is 67.4 cm³/mol. The minimum Gasteiger partial charge on any atom is -0.365 e. The highest BCUT2D eigenvalue weighted by Gasteiger charge is 2.34. The molecule has 2 heteroatoms. The molecule has 1 heterocycles. The molecule has 0 aliphatic carbocycles. The monoisotopic (exact) mass is 228 g/mol. The predicted octanol–water partition coefficient (Wildman–Crippen LogP) is 4.02. The number of rotatable bonds is 10. The maximum absolute atomic E-state index is 9.69. The lowest BCUT2D eigenvalue weighted by Gasteiger charge is -2.36. The van der Waals surface area contributed by atoms with Gasteiger partial charge in [-0.1, -0.05) is 58.3 Å². The van der Waals surface area contributed by atoms with Gasteiger partial charge in [-0.2, -0.15) is 0 Å². The third kappa shape index (κ3) is 5.86. The van der Waals surface area contributed by atoms with E-state index in [0.717, 1.165) is 25.9 Å². The smallest absolute Gasteiger partial charge is 0.167 e. The normalized spacial score (nSPS) is 24.4. The van der Waals surface area contributed by atoms with Gasteiger partial charge < -0.3 is 9.84 Å². The molecule has 0 spiro atoms. The Bertz CT molecular complexity index is 164. The molecule has 0 amide bonds. The largest absolute Gasteiger partial charge is 0.365 e. The highest BCUT2D eigenvalue weighted by atomic mass is 16.6. The Hall–Kier alpha value is -0.0800. The molecule has 1 aliphatic heterocycles. The van der Waals surface area contributed by atoms with E-state index in [1.54, 1.807) is 0 Å². The molecule has 1 unspecified atom stereocenters. The van der Waals surface area contributed by atoms with Gasteiger partial charge in [0, 0.05) is 12.8 Å². The van der Waals surface area contributed by atoms with Crippen molar-refractivity contribution in [3.63, 3.8) is 0 Å². The van der Waals surface area contributed by atoms with Crippen molar-refractivity contribution in [2.45, 2.75) is 83.3 Å². The van der Waals surface area contributed by atoms with Crippen molar-refractivity contribution in [1.82, 2.24) is 0 Å². The van der Waals surface area contributed by atoms with Gasteiger partial charge in [0.25, 0.3) is 0 Å². The zero-order valence-electron chi connectivity index (χ0n) is 10.8. The highest BCUT2D eigenvalue weighted by Crippen LogP contribution is 2.28. The average molecular weight is 228 g/mol. The topological polar surface area (TPSA) is 29.5 Å². The van der Waals surface area contributed by atoms with Crippen LogP contribution in [-0.2, 0) is 4.74 Å². The van der Waals surface area contributed by atoms with Crippen molar-refractivity contribution < 1.29 is 9.84 Å². The maximum Gasteiger partial charge on any atom is 0.167 e. The second kappa shape index (κ2) is 8.08. The minimum atomic E-state index is -0.735. The fourth-order valence-corrected chi connectivity index (χ4v) is 2.25. The molecule has 0 aromatic heterocycles. The Morgan fingerprint density at radius 3 is 1.88 bits per heavy atom. The molecular formula is C14H28O2. The summed E-state index contributed by atoms with van der Waals surface area (Å²) in [4.78, 5) is 0. The summed E-state index contributed by atoms with van der Waals surface area (Å²) in [6.07, 6.45) is 13.7. The first-order chi connectivity index (χ1) is 7.77. The lowest BCUT2D eigenvalue weighted by Crippen LogP contribution is -2.43. The summed E-state index contributed by atoms with van der Waals surface area (Å²) in [7, 11) is 0. The molecule has 16 heavy (non-hydrogen) atoms. The fourth-order valence-electron chi connectivity index (χ4n) is 2.25. The first-order valence-corrected chi connectivity index (χ1v) is 7.13. The van der Waals surface area contributed by atoms with E-state index in [4.69, 9.17) is 4.74 Å². The first-order valence-electron chi connectivity index (χ1n) is 7.13. The van der Waals surface area contributed by atoms with Crippen molar-refractivity contribution >= 4 is 0 Å². The first kappa shape index (κ1) is 14.0. The number of ether oxygens (including phenoxy) is 1. The van der Waals surface area contributed by atoms with Crippen LogP contribution < -0.4 is 0 Å². The molecule has 1 N–H and O–H groups in total. The summed E-state index contributed by atoms with van der Waals surface area (Å²) in [5.74, 6) is -0.735. The van der Waals surface area contributed by atoms with E-state index in [-0.39, 0.29) is 0 Å². The molecule has 1 rings (SSSR count). The number of aliphatic hydroxyl groups is 1. The fraction of sp³-hybridized carbons (Fsp3) is 1.00. The number of unbranched alkanes of at least 4 members (excludes halogenated alkanes) is 8. The van der Waals surface area contributed by atoms with Crippen LogP contribution in [0.3, 0.4) is 0 Å². The maximum atomic E-state index is 9.69. The van der Waals surface area contributed by atoms with Crippen LogP contribution in [0.4, 0.5) is 0 Å². The van der Waals surface area contributed by atoms with E-state index >= 15 is 0 Å². The molecule has 1 saturated heterocycles. The van der Waals surface area contributed by atoms with E-state index in [0.29, 0.717) is 0 Å². The van der Waals surface area contributed by atoms with E-state index < -0.39 is 5.79 Å². The minimum absolute atomic E-state index is 0.735. The lowest BCUT2D eigenvalue weighted by atomic mass is 9.99.